The Morgan fingerprint density at radius 3 is 2.92 bits per heavy atom. The molecular weight excluding hydrogens is 306 g/mol. The number of para-hydroxylation sites is 1. The van der Waals surface area contributed by atoms with Crippen LogP contribution in [0.1, 0.15) is 17.4 Å². The van der Waals surface area contributed by atoms with E-state index in [-0.39, 0.29) is 6.10 Å². The number of rotatable bonds is 4. The van der Waals surface area contributed by atoms with Gasteiger partial charge in [0.25, 0.3) is 5.89 Å². The largest absolute Gasteiger partial charge is 0.366 e. The SMILES string of the molecule is Cc1noc(COC2CN(c3cc(C#N)nc4ccccc34)C2)n1. The van der Waals surface area contributed by atoms with Crippen molar-refractivity contribution in [2.24, 2.45) is 0 Å². The summed E-state index contributed by atoms with van der Waals surface area (Å²) in [5.41, 5.74) is 2.28. The van der Waals surface area contributed by atoms with E-state index in [1.807, 2.05) is 30.3 Å². The fourth-order valence-electron chi connectivity index (χ4n) is 2.80. The lowest BCUT2D eigenvalue weighted by molar-refractivity contribution is 0.00967. The third kappa shape index (κ3) is 2.68. The fourth-order valence-corrected chi connectivity index (χ4v) is 2.80. The van der Waals surface area contributed by atoms with Crippen LogP contribution >= 0.6 is 0 Å². The maximum Gasteiger partial charge on any atom is 0.252 e. The number of fused-ring (bicyclic) bond motifs is 1. The molecule has 0 bridgehead atoms. The van der Waals surface area contributed by atoms with Crippen molar-refractivity contribution in [3.8, 4) is 6.07 Å². The molecule has 1 aliphatic rings. The molecule has 1 saturated heterocycles. The third-order valence-corrected chi connectivity index (χ3v) is 4.01. The molecule has 2 aromatic heterocycles. The standard InChI is InChI=1S/C17H15N5O2/c1-11-19-17(24-21-11)10-23-13-8-22(9-13)16-6-12(7-18)20-15-5-3-2-4-14(15)16/h2-6,13H,8-10H2,1H3. The Labute approximate surface area is 138 Å². The van der Waals surface area contributed by atoms with Crippen LogP contribution in [0.25, 0.3) is 10.9 Å². The summed E-state index contributed by atoms with van der Waals surface area (Å²) in [5, 5.41) is 14.0. The molecule has 120 valence electrons. The van der Waals surface area contributed by atoms with Gasteiger partial charge in [-0.2, -0.15) is 10.2 Å². The lowest BCUT2D eigenvalue weighted by Gasteiger charge is -2.40. The lowest BCUT2D eigenvalue weighted by atomic mass is 10.1. The molecule has 7 heteroatoms. The van der Waals surface area contributed by atoms with Crippen molar-refractivity contribution in [3.05, 3.63) is 47.7 Å². The first-order valence-corrected chi connectivity index (χ1v) is 7.68. The van der Waals surface area contributed by atoms with Gasteiger partial charge in [0.15, 0.2) is 5.82 Å². The number of hydrogen-bond acceptors (Lipinski definition) is 7. The smallest absolute Gasteiger partial charge is 0.252 e. The van der Waals surface area contributed by atoms with Gasteiger partial charge in [-0.1, -0.05) is 23.4 Å². The van der Waals surface area contributed by atoms with Crippen LogP contribution in [0.4, 0.5) is 5.69 Å². The van der Waals surface area contributed by atoms with Crippen molar-refractivity contribution < 1.29 is 9.26 Å². The van der Waals surface area contributed by atoms with Crippen molar-refractivity contribution in [2.75, 3.05) is 18.0 Å². The van der Waals surface area contributed by atoms with E-state index in [2.05, 4.69) is 26.1 Å². The number of hydrogen-bond donors (Lipinski definition) is 0. The second kappa shape index (κ2) is 5.91. The summed E-state index contributed by atoms with van der Waals surface area (Å²) in [4.78, 5) is 10.7. The molecule has 0 radical (unpaired) electrons. The average molecular weight is 321 g/mol. The highest BCUT2D eigenvalue weighted by Crippen LogP contribution is 2.30. The summed E-state index contributed by atoms with van der Waals surface area (Å²) in [6.07, 6.45) is 0.106. The molecule has 0 amide bonds. The van der Waals surface area contributed by atoms with E-state index in [1.54, 1.807) is 6.92 Å². The minimum atomic E-state index is 0.106. The van der Waals surface area contributed by atoms with Gasteiger partial charge >= 0.3 is 0 Å². The van der Waals surface area contributed by atoms with Gasteiger partial charge in [0.1, 0.15) is 18.4 Å². The Morgan fingerprint density at radius 2 is 2.17 bits per heavy atom. The van der Waals surface area contributed by atoms with Crippen LogP contribution in [0.3, 0.4) is 0 Å². The molecule has 0 atom stereocenters. The van der Waals surface area contributed by atoms with E-state index in [0.717, 1.165) is 29.7 Å². The molecule has 3 heterocycles. The molecule has 0 N–H and O–H groups in total. The number of pyridine rings is 1. The molecule has 0 unspecified atom stereocenters. The van der Waals surface area contributed by atoms with E-state index in [1.165, 1.54) is 0 Å². The average Bonchev–Trinajstić information content (AvgIpc) is 2.98. The van der Waals surface area contributed by atoms with E-state index in [0.29, 0.717) is 24.0 Å². The highest BCUT2D eigenvalue weighted by molar-refractivity contribution is 5.92. The van der Waals surface area contributed by atoms with Crippen LogP contribution < -0.4 is 4.90 Å². The number of benzene rings is 1. The molecular formula is C17H15N5O2. The first kappa shape index (κ1) is 14.6. The summed E-state index contributed by atoms with van der Waals surface area (Å²) in [6.45, 7) is 3.61. The van der Waals surface area contributed by atoms with Gasteiger partial charge in [-0.15, -0.1) is 0 Å². The van der Waals surface area contributed by atoms with Crippen molar-refractivity contribution in [3.63, 3.8) is 0 Å². The van der Waals surface area contributed by atoms with Gasteiger partial charge in [0.05, 0.1) is 11.6 Å². The summed E-state index contributed by atoms with van der Waals surface area (Å²) >= 11 is 0. The molecule has 1 fully saturated rings. The summed E-state index contributed by atoms with van der Waals surface area (Å²) in [7, 11) is 0. The minimum absolute atomic E-state index is 0.106. The second-order valence-corrected chi connectivity index (χ2v) is 5.73. The van der Waals surface area contributed by atoms with Crippen LogP contribution in [0.5, 0.6) is 0 Å². The summed E-state index contributed by atoms with van der Waals surface area (Å²) in [6, 6.07) is 11.8. The van der Waals surface area contributed by atoms with Gasteiger partial charge in [-0.3, -0.25) is 0 Å². The fraction of sp³-hybridized carbons (Fsp3) is 0.294. The molecule has 0 spiro atoms. The Kier molecular flexibility index (Phi) is 3.59. The number of aryl methyl sites for hydroxylation is 1. The molecule has 7 nitrogen and oxygen atoms in total. The predicted molar refractivity (Wildman–Crippen MR) is 86.3 cm³/mol. The van der Waals surface area contributed by atoms with E-state index in [9.17, 15) is 5.26 Å². The monoisotopic (exact) mass is 321 g/mol. The zero-order valence-corrected chi connectivity index (χ0v) is 13.1. The van der Waals surface area contributed by atoms with Gasteiger partial charge in [-0.25, -0.2) is 4.98 Å². The normalized spacial score (nSPS) is 14.6. The lowest BCUT2D eigenvalue weighted by Crippen LogP contribution is -2.52. The Bertz CT molecular complexity index is 924. The van der Waals surface area contributed by atoms with Crippen LogP contribution in [0.2, 0.25) is 0 Å². The molecule has 0 aliphatic carbocycles. The summed E-state index contributed by atoms with van der Waals surface area (Å²) < 4.78 is 10.8. The predicted octanol–water partition coefficient (Wildman–Crippen LogP) is 2.20. The molecule has 1 aliphatic heterocycles. The van der Waals surface area contributed by atoms with Gasteiger partial charge in [0, 0.05) is 24.2 Å². The minimum Gasteiger partial charge on any atom is -0.366 e. The number of nitrogens with zero attached hydrogens (tertiary/aromatic N) is 5. The Hall–Kier alpha value is -2.98. The van der Waals surface area contributed by atoms with Crippen LogP contribution in [0, 0.1) is 18.3 Å². The summed E-state index contributed by atoms with van der Waals surface area (Å²) in [5.74, 6) is 1.10. The topological polar surface area (TPSA) is 88.1 Å². The van der Waals surface area contributed by atoms with E-state index in [4.69, 9.17) is 9.26 Å². The quantitative estimate of drug-likeness (QED) is 0.728. The molecule has 4 rings (SSSR count). The maximum atomic E-state index is 9.18. The van der Waals surface area contributed by atoms with Crippen molar-refractivity contribution in [2.45, 2.75) is 19.6 Å². The van der Waals surface area contributed by atoms with E-state index >= 15 is 0 Å². The zero-order chi connectivity index (χ0) is 16.5. The van der Waals surface area contributed by atoms with Crippen molar-refractivity contribution >= 4 is 16.6 Å². The number of nitriles is 1. The molecule has 3 aromatic rings. The first-order chi connectivity index (χ1) is 11.7. The first-order valence-electron chi connectivity index (χ1n) is 7.68. The van der Waals surface area contributed by atoms with E-state index < -0.39 is 0 Å². The molecule has 1 aromatic carbocycles. The highest BCUT2D eigenvalue weighted by atomic mass is 16.5. The van der Waals surface area contributed by atoms with Gasteiger partial charge < -0.3 is 14.2 Å². The van der Waals surface area contributed by atoms with Crippen LogP contribution in [-0.2, 0) is 11.3 Å². The van der Waals surface area contributed by atoms with Crippen LogP contribution in [0.15, 0.2) is 34.9 Å². The van der Waals surface area contributed by atoms with Crippen molar-refractivity contribution in [1.29, 1.82) is 5.26 Å². The van der Waals surface area contributed by atoms with Gasteiger partial charge in [-0.05, 0) is 19.1 Å². The number of aromatic nitrogens is 3. The Morgan fingerprint density at radius 1 is 1.33 bits per heavy atom. The molecule has 24 heavy (non-hydrogen) atoms. The second-order valence-electron chi connectivity index (χ2n) is 5.73. The Balaban J connectivity index is 1.46. The van der Waals surface area contributed by atoms with Gasteiger partial charge in [0.2, 0.25) is 0 Å². The zero-order valence-electron chi connectivity index (χ0n) is 13.1. The highest BCUT2D eigenvalue weighted by Gasteiger charge is 2.29. The maximum absolute atomic E-state index is 9.18. The number of anilines is 1. The van der Waals surface area contributed by atoms with Crippen molar-refractivity contribution in [1.82, 2.24) is 15.1 Å². The van der Waals surface area contributed by atoms with Crippen LogP contribution in [-0.4, -0.2) is 34.3 Å². The number of ether oxygens (including phenoxy) is 1. The third-order valence-electron chi connectivity index (χ3n) is 4.01. The molecule has 0 saturated carbocycles.